The molecule has 0 aromatic carbocycles. The van der Waals surface area contributed by atoms with Crippen molar-refractivity contribution in [3.8, 4) is 0 Å². The number of hydrogen-bond donors (Lipinski definition) is 1. The molecule has 20 heavy (non-hydrogen) atoms. The number of guanidine groups is 1. The summed E-state index contributed by atoms with van der Waals surface area (Å²) in [5.74, 6) is 0.892. The Morgan fingerprint density at radius 1 is 1.25 bits per heavy atom. The Morgan fingerprint density at radius 2 is 1.95 bits per heavy atom. The van der Waals surface area contributed by atoms with Gasteiger partial charge in [-0.05, 0) is 48.8 Å². The van der Waals surface area contributed by atoms with Gasteiger partial charge in [0, 0.05) is 18.1 Å². The van der Waals surface area contributed by atoms with Crippen LogP contribution in [0.4, 0.5) is 11.5 Å². The molecule has 2 N–H and O–H groups in total. The molecule has 2 aromatic heterocycles. The topological polar surface area (TPSA) is 76.6 Å². The Hall–Kier alpha value is -2.63. The van der Waals surface area contributed by atoms with Gasteiger partial charge in [0.05, 0.1) is 5.69 Å². The molecular weight excluding hydrogens is 254 g/mol. The van der Waals surface area contributed by atoms with Crippen molar-refractivity contribution in [2.45, 2.75) is 13.8 Å². The summed E-state index contributed by atoms with van der Waals surface area (Å²) in [6.07, 6.45) is 3.37. The van der Waals surface area contributed by atoms with Crippen LogP contribution in [0, 0.1) is 13.8 Å². The van der Waals surface area contributed by atoms with Crippen molar-refractivity contribution >= 4 is 17.5 Å². The third-order valence-corrected chi connectivity index (χ3v) is 2.65. The van der Waals surface area contributed by atoms with Crippen LogP contribution in [-0.2, 0) is 4.84 Å². The third kappa shape index (κ3) is 3.03. The van der Waals surface area contributed by atoms with Gasteiger partial charge in [0.25, 0.3) is 0 Å². The number of anilines is 2. The van der Waals surface area contributed by atoms with E-state index in [0.717, 1.165) is 16.9 Å². The zero-order chi connectivity index (χ0) is 14.5. The van der Waals surface area contributed by atoms with E-state index in [1.165, 1.54) is 7.11 Å². The van der Waals surface area contributed by atoms with Gasteiger partial charge in [-0.15, -0.1) is 0 Å². The summed E-state index contributed by atoms with van der Waals surface area (Å²) in [5, 5.41) is 3.80. The van der Waals surface area contributed by atoms with Crippen molar-refractivity contribution in [3.05, 3.63) is 47.9 Å². The first kappa shape index (κ1) is 13.8. The monoisotopic (exact) mass is 271 g/mol. The number of rotatable bonds is 3. The Morgan fingerprint density at radius 3 is 2.55 bits per heavy atom. The number of hydrogen-bond acceptors (Lipinski definition) is 4. The van der Waals surface area contributed by atoms with Crippen LogP contribution in [0.25, 0.3) is 0 Å². The van der Waals surface area contributed by atoms with E-state index in [4.69, 9.17) is 10.6 Å². The normalized spacial score (nSPS) is 11.2. The van der Waals surface area contributed by atoms with Crippen LogP contribution in [0.3, 0.4) is 0 Å². The number of nitrogens with zero attached hydrogens (tertiary/aromatic N) is 4. The summed E-state index contributed by atoms with van der Waals surface area (Å²) in [4.78, 5) is 15.0. The van der Waals surface area contributed by atoms with Crippen molar-refractivity contribution in [3.63, 3.8) is 0 Å². The van der Waals surface area contributed by atoms with Crippen molar-refractivity contribution < 1.29 is 4.84 Å². The van der Waals surface area contributed by atoms with Crippen LogP contribution in [0.1, 0.15) is 11.3 Å². The summed E-state index contributed by atoms with van der Waals surface area (Å²) < 4.78 is 0. The van der Waals surface area contributed by atoms with E-state index in [-0.39, 0.29) is 5.96 Å². The first-order valence-corrected chi connectivity index (χ1v) is 6.14. The lowest BCUT2D eigenvalue weighted by molar-refractivity contribution is 0.212. The van der Waals surface area contributed by atoms with Gasteiger partial charge in [-0.1, -0.05) is 0 Å². The number of oxime groups is 1. The molecule has 0 aliphatic carbocycles. The highest BCUT2D eigenvalue weighted by Gasteiger charge is 2.16. The van der Waals surface area contributed by atoms with E-state index in [1.807, 2.05) is 38.1 Å². The quantitative estimate of drug-likeness (QED) is 0.525. The molecule has 0 saturated heterocycles. The predicted octanol–water partition coefficient (Wildman–Crippen LogP) is 2.11. The van der Waals surface area contributed by atoms with Crippen LogP contribution in [0.5, 0.6) is 0 Å². The Balaban J connectivity index is 2.54. The smallest absolute Gasteiger partial charge is 0.243 e. The number of aromatic nitrogens is 2. The van der Waals surface area contributed by atoms with Gasteiger partial charge < -0.3 is 10.6 Å². The maximum Gasteiger partial charge on any atom is 0.243 e. The molecule has 6 heteroatoms. The predicted molar refractivity (Wildman–Crippen MR) is 78.7 cm³/mol. The molecule has 0 saturated carbocycles. The molecule has 0 radical (unpaired) electrons. The van der Waals surface area contributed by atoms with Gasteiger partial charge in [-0.2, -0.15) is 0 Å². The lowest BCUT2D eigenvalue weighted by Crippen LogP contribution is -2.34. The van der Waals surface area contributed by atoms with Crippen molar-refractivity contribution in [1.82, 2.24) is 9.97 Å². The van der Waals surface area contributed by atoms with Crippen LogP contribution in [-0.4, -0.2) is 23.0 Å². The van der Waals surface area contributed by atoms with Gasteiger partial charge in [0.15, 0.2) is 0 Å². The second kappa shape index (κ2) is 6.01. The maximum absolute atomic E-state index is 5.98. The molecule has 0 bridgehead atoms. The van der Waals surface area contributed by atoms with Gasteiger partial charge in [-0.3, -0.25) is 9.88 Å². The lowest BCUT2D eigenvalue weighted by atomic mass is 10.2. The Labute approximate surface area is 117 Å². The van der Waals surface area contributed by atoms with Crippen LogP contribution in [0.2, 0.25) is 0 Å². The van der Waals surface area contributed by atoms with E-state index < -0.39 is 0 Å². The summed E-state index contributed by atoms with van der Waals surface area (Å²) in [6.45, 7) is 3.94. The minimum Gasteiger partial charge on any atom is -0.396 e. The highest BCUT2D eigenvalue weighted by atomic mass is 16.6. The van der Waals surface area contributed by atoms with E-state index in [0.29, 0.717) is 5.82 Å². The number of pyridine rings is 2. The van der Waals surface area contributed by atoms with E-state index in [1.54, 1.807) is 17.3 Å². The molecule has 2 aromatic rings. The molecule has 0 aliphatic rings. The fraction of sp³-hybridized carbons (Fsp3) is 0.214. The van der Waals surface area contributed by atoms with Gasteiger partial charge in [0.1, 0.15) is 12.9 Å². The largest absolute Gasteiger partial charge is 0.396 e. The molecule has 0 atom stereocenters. The van der Waals surface area contributed by atoms with Crippen LogP contribution < -0.4 is 10.6 Å². The van der Waals surface area contributed by atoms with Gasteiger partial charge in [-0.25, -0.2) is 4.98 Å². The zero-order valence-corrected chi connectivity index (χ0v) is 11.7. The Kier molecular flexibility index (Phi) is 4.14. The molecule has 2 rings (SSSR count). The van der Waals surface area contributed by atoms with Crippen LogP contribution >= 0.6 is 0 Å². The van der Waals surface area contributed by atoms with E-state index in [9.17, 15) is 0 Å². The average Bonchev–Trinajstić information content (AvgIpc) is 2.39. The fourth-order valence-corrected chi connectivity index (χ4v) is 1.94. The summed E-state index contributed by atoms with van der Waals surface area (Å²) in [5.41, 5.74) is 8.80. The molecule has 0 aliphatic heterocycles. The van der Waals surface area contributed by atoms with Crippen molar-refractivity contribution in [1.29, 1.82) is 0 Å². The van der Waals surface area contributed by atoms with Crippen molar-refractivity contribution in [2.24, 2.45) is 10.9 Å². The van der Waals surface area contributed by atoms with E-state index in [2.05, 4.69) is 15.1 Å². The Bertz CT molecular complexity index is 592. The second-order valence-corrected chi connectivity index (χ2v) is 4.32. The first-order valence-electron chi connectivity index (χ1n) is 6.14. The zero-order valence-electron chi connectivity index (χ0n) is 11.7. The fourth-order valence-electron chi connectivity index (χ4n) is 1.94. The molecule has 0 fully saturated rings. The average molecular weight is 271 g/mol. The molecule has 104 valence electrons. The lowest BCUT2D eigenvalue weighted by Gasteiger charge is -2.22. The number of aryl methyl sites for hydroxylation is 2. The highest BCUT2D eigenvalue weighted by molar-refractivity contribution is 6.00. The number of nitrogens with two attached hydrogens (primary N) is 1. The SMILES string of the molecule is CON=C(N)N(c1ccncc1)c1cc(C)cc(C)n1. The standard InChI is InChI=1S/C14H17N5O/c1-10-8-11(2)17-13(9-10)19(14(15)18-20-3)12-4-6-16-7-5-12/h4-9H,1-3H3,(H2,15,18). The second-order valence-electron chi connectivity index (χ2n) is 4.32. The summed E-state index contributed by atoms with van der Waals surface area (Å²) >= 11 is 0. The maximum atomic E-state index is 5.98. The highest BCUT2D eigenvalue weighted by Crippen LogP contribution is 2.24. The summed E-state index contributed by atoms with van der Waals surface area (Å²) in [6, 6.07) is 7.60. The molecule has 0 amide bonds. The minimum absolute atomic E-state index is 0.205. The molecule has 2 heterocycles. The van der Waals surface area contributed by atoms with Crippen molar-refractivity contribution in [2.75, 3.05) is 12.0 Å². The summed E-state index contributed by atoms with van der Waals surface area (Å²) in [7, 11) is 1.45. The molecule has 6 nitrogen and oxygen atoms in total. The molecular formula is C14H17N5O. The van der Waals surface area contributed by atoms with Crippen LogP contribution in [0.15, 0.2) is 41.8 Å². The molecule has 0 spiro atoms. The third-order valence-electron chi connectivity index (χ3n) is 2.65. The van der Waals surface area contributed by atoms with Gasteiger partial charge >= 0.3 is 0 Å². The molecule has 0 unspecified atom stereocenters. The van der Waals surface area contributed by atoms with E-state index >= 15 is 0 Å². The van der Waals surface area contributed by atoms with Gasteiger partial charge in [0.2, 0.25) is 5.96 Å². The minimum atomic E-state index is 0.205. The first-order chi connectivity index (χ1) is 9.61.